The molecule has 0 aliphatic heterocycles. The van der Waals surface area contributed by atoms with Crippen molar-refractivity contribution in [3.63, 3.8) is 0 Å². The van der Waals surface area contributed by atoms with Crippen LogP contribution >= 0.6 is 0 Å². The molecule has 1 aromatic carbocycles. The zero-order valence-electron chi connectivity index (χ0n) is 9.36. The van der Waals surface area contributed by atoms with E-state index in [0.29, 0.717) is 0 Å². The minimum atomic E-state index is 0.0465. The Morgan fingerprint density at radius 3 is 2.73 bits per heavy atom. The largest absolute Gasteiger partial charge is 0.491 e. The van der Waals surface area contributed by atoms with Crippen molar-refractivity contribution < 1.29 is 9.53 Å². The summed E-state index contributed by atoms with van der Waals surface area (Å²) < 4.78 is 5.54. The number of hydrogen-bond donors (Lipinski definition) is 0. The highest BCUT2D eigenvalue weighted by atomic mass is 16.5. The number of allylic oxidation sites excluding steroid dienone is 1. The van der Waals surface area contributed by atoms with Crippen molar-refractivity contribution in [2.24, 2.45) is 0 Å². The maximum Gasteiger partial charge on any atom is 0.152 e. The lowest BCUT2D eigenvalue weighted by Gasteiger charge is -2.09. The summed E-state index contributed by atoms with van der Waals surface area (Å²) in [6.45, 7) is 5.50. The SMILES string of the molecule is CC(=O)C=Cc1cccc(OC(C)C)c1. The molecule has 0 amide bonds. The van der Waals surface area contributed by atoms with Crippen LogP contribution in [0.15, 0.2) is 30.3 Å². The summed E-state index contributed by atoms with van der Waals surface area (Å²) in [5.41, 5.74) is 0.975. The minimum Gasteiger partial charge on any atom is -0.491 e. The summed E-state index contributed by atoms with van der Waals surface area (Å²) in [6, 6.07) is 7.68. The van der Waals surface area contributed by atoms with Crippen LogP contribution in [0.4, 0.5) is 0 Å². The zero-order chi connectivity index (χ0) is 11.3. The Hall–Kier alpha value is -1.57. The van der Waals surface area contributed by atoms with E-state index in [1.54, 1.807) is 12.2 Å². The van der Waals surface area contributed by atoms with E-state index >= 15 is 0 Å². The van der Waals surface area contributed by atoms with E-state index in [2.05, 4.69) is 0 Å². The van der Waals surface area contributed by atoms with Crippen LogP contribution in [0.1, 0.15) is 26.3 Å². The molecule has 0 spiro atoms. The first-order valence-corrected chi connectivity index (χ1v) is 5.03. The van der Waals surface area contributed by atoms with Gasteiger partial charge in [0.15, 0.2) is 5.78 Å². The van der Waals surface area contributed by atoms with E-state index in [0.717, 1.165) is 11.3 Å². The Balaban J connectivity index is 2.78. The number of rotatable bonds is 4. The number of hydrogen-bond acceptors (Lipinski definition) is 2. The normalized spacial score (nSPS) is 10.9. The van der Waals surface area contributed by atoms with Gasteiger partial charge in [0.1, 0.15) is 5.75 Å². The summed E-state index contributed by atoms with van der Waals surface area (Å²) in [6.07, 6.45) is 3.50. The molecule has 0 atom stereocenters. The maximum atomic E-state index is 10.8. The highest BCUT2D eigenvalue weighted by Crippen LogP contribution is 2.15. The van der Waals surface area contributed by atoms with Gasteiger partial charge in [0.2, 0.25) is 0 Å². The number of carbonyl (C=O) groups is 1. The van der Waals surface area contributed by atoms with Crippen molar-refractivity contribution in [3.05, 3.63) is 35.9 Å². The standard InChI is InChI=1S/C13H16O2/c1-10(2)15-13-6-4-5-12(9-13)8-7-11(3)14/h4-10H,1-3H3. The van der Waals surface area contributed by atoms with Gasteiger partial charge in [-0.2, -0.15) is 0 Å². The van der Waals surface area contributed by atoms with Crippen LogP contribution in [-0.4, -0.2) is 11.9 Å². The monoisotopic (exact) mass is 204 g/mol. The quantitative estimate of drug-likeness (QED) is 0.704. The van der Waals surface area contributed by atoms with Crippen molar-refractivity contribution in [1.82, 2.24) is 0 Å². The van der Waals surface area contributed by atoms with Crippen LogP contribution in [-0.2, 0) is 4.79 Å². The van der Waals surface area contributed by atoms with Crippen LogP contribution in [0.5, 0.6) is 5.75 Å². The third-order valence-corrected chi connectivity index (χ3v) is 1.74. The summed E-state index contributed by atoms with van der Waals surface area (Å²) in [7, 11) is 0. The number of ketones is 1. The predicted octanol–water partition coefficient (Wildman–Crippen LogP) is 3.08. The molecule has 0 aliphatic rings. The average molecular weight is 204 g/mol. The first kappa shape index (κ1) is 11.5. The van der Waals surface area contributed by atoms with Crippen LogP contribution in [0, 0.1) is 0 Å². The molecule has 0 saturated carbocycles. The number of carbonyl (C=O) groups excluding carboxylic acids is 1. The number of ether oxygens (including phenoxy) is 1. The van der Waals surface area contributed by atoms with E-state index in [1.807, 2.05) is 38.1 Å². The molecule has 2 heteroatoms. The summed E-state index contributed by atoms with van der Waals surface area (Å²) in [5.74, 6) is 0.876. The highest BCUT2D eigenvalue weighted by molar-refractivity contribution is 5.91. The van der Waals surface area contributed by atoms with Crippen LogP contribution < -0.4 is 4.74 Å². The zero-order valence-corrected chi connectivity index (χ0v) is 9.36. The summed E-state index contributed by atoms with van der Waals surface area (Å²) in [5, 5.41) is 0. The second-order valence-electron chi connectivity index (χ2n) is 3.68. The van der Waals surface area contributed by atoms with E-state index < -0.39 is 0 Å². The van der Waals surface area contributed by atoms with Gasteiger partial charge in [-0.25, -0.2) is 0 Å². The Bertz CT molecular complexity index is 365. The third kappa shape index (κ3) is 4.45. The van der Waals surface area contributed by atoms with Crippen molar-refractivity contribution in [3.8, 4) is 5.75 Å². The lowest BCUT2D eigenvalue weighted by atomic mass is 10.2. The molecule has 0 unspecified atom stereocenters. The van der Waals surface area contributed by atoms with Crippen molar-refractivity contribution in [1.29, 1.82) is 0 Å². The molecule has 2 nitrogen and oxygen atoms in total. The van der Waals surface area contributed by atoms with Crippen molar-refractivity contribution in [2.75, 3.05) is 0 Å². The predicted molar refractivity (Wildman–Crippen MR) is 61.9 cm³/mol. The average Bonchev–Trinajstić information content (AvgIpc) is 2.14. The fraction of sp³-hybridized carbons (Fsp3) is 0.308. The molecule has 0 aromatic heterocycles. The topological polar surface area (TPSA) is 26.3 Å². The van der Waals surface area contributed by atoms with Crippen LogP contribution in [0.25, 0.3) is 6.08 Å². The molecule has 1 rings (SSSR count). The van der Waals surface area contributed by atoms with Gasteiger partial charge in [-0.3, -0.25) is 4.79 Å². The smallest absolute Gasteiger partial charge is 0.152 e. The van der Waals surface area contributed by atoms with E-state index in [9.17, 15) is 4.79 Å². The van der Waals surface area contributed by atoms with Gasteiger partial charge in [-0.05, 0) is 44.5 Å². The summed E-state index contributed by atoms with van der Waals surface area (Å²) >= 11 is 0. The van der Waals surface area contributed by atoms with Gasteiger partial charge >= 0.3 is 0 Å². The molecule has 0 heterocycles. The van der Waals surface area contributed by atoms with Crippen molar-refractivity contribution in [2.45, 2.75) is 26.9 Å². The minimum absolute atomic E-state index is 0.0465. The molecule has 0 bridgehead atoms. The molecule has 0 N–H and O–H groups in total. The first-order chi connectivity index (χ1) is 7.08. The maximum absolute atomic E-state index is 10.8. The Morgan fingerprint density at radius 1 is 1.40 bits per heavy atom. The fourth-order valence-electron chi connectivity index (χ4n) is 1.18. The van der Waals surface area contributed by atoms with Gasteiger partial charge in [-0.15, -0.1) is 0 Å². The van der Waals surface area contributed by atoms with Crippen molar-refractivity contribution >= 4 is 11.9 Å². The first-order valence-electron chi connectivity index (χ1n) is 5.03. The highest BCUT2D eigenvalue weighted by Gasteiger charge is 1.97. The molecule has 0 saturated heterocycles. The van der Waals surface area contributed by atoms with Gasteiger partial charge < -0.3 is 4.74 Å². The van der Waals surface area contributed by atoms with Crippen LogP contribution in [0.3, 0.4) is 0 Å². The molecule has 0 radical (unpaired) electrons. The van der Waals surface area contributed by atoms with Gasteiger partial charge in [0.05, 0.1) is 6.10 Å². The Labute approximate surface area is 90.6 Å². The van der Waals surface area contributed by atoms with E-state index in [4.69, 9.17) is 4.74 Å². The molecule has 1 aromatic rings. The Kier molecular flexibility index (Phi) is 4.10. The van der Waals surface area contributed by atoms with E-state index in [-0.39, 0.29) is 11.9 Å². The molecular formula is C13H16O2. The molecule has 0 fully saturated rings. The fourth-order valence-corrected chi connectivity index (χ4v) is 1.18. The summed E-state index contributed by atoms with van der Waals surface area (Å²) in [4.78, 5) is 10.8. The number of benzene rings is 1. The second-order valence-corrected chi connectivity index (χ2v) is 3.68. The molecule has 0 aliphatic carbocycles. The van der Waals surface area contributed by atoms with E-state index in [1.165, 1.54) is 6.92 Å². The molecule has 15 heavy (non-hydrogen) atoms. The Morgan fingerprint density at radius 2 is 2.13 bits per heavy atom. The van der Waals surface area contributed by atoms with Gasteiger partial charge in [0, 0.05) is 0 Å². The molecular weight excluding hydrogens is 188 g/mol. The molecule has 80 valence electrons. The third-order valence-electron chi connectivity index (χ3n) is 1.74. The lowest BCUT2D eigenvalue weighted by molar-refractivity contribution is -0.112. The van der Waals surface area contributed by atoms with Gasteiger partial charge in [0.25, 0.3) is 0 Å². The lowest BCUT2D eigenvalue weighted by Crippen LogP contribution is -2.05. The second kappa shape index (κ2) is 5.35. The van der Waals surface area contributed by atoms with Crippen LogP contribution in [0.2, 0.25) is 0 Å². The van der Waals surface area contributed by atoms with Gasteiger partial charge in [-0.1, -0.05) is 18.2 Å².